The zero-order valence-corrected chi connectivity index (χ0v) is 13.5. The molecule has 0 aliphatic heterocycles. The molecular formula is C17H29NO2. The fourth-order valence-corrected chi connectivity index (χ4v) is 2.24. The molecule has 0 saturated heterocycles. The maximum Gasteiger partial charge on any atom is 0.199 e. The summed E-state index contributed by atoms with van der Waals surface area (Å²) >= 11 is 0. The van der Waals surface area contributed by atoms with Crippen molar-refractivity contribution in [1.82, 2.24) is 5.32 Å². The number of nitrogens with one attached hydrogen (secondary N) is 1. The van der Waals surface area contributed by atoms with E-state index >= 15 is 0 Å². The van der Waals surface area contributed by atoms with Gasteiger partial charge in [-0.3, -0.25) is 0 Å². The van der Waals surface area contributed by atoms with Crippen LogP contribution in [0.25, 0.3) is 0 Å². The van der Waals surface area contributed by atoms with Crippen molar-refractivity contribution in [2.24, 2.45) is 5.92 Å². The van der Waals surface area contributed by atoms with Crippen LogP contribution in [0.2, 0.25) is 0 Å². The van der Waals surface area contributed by atoms with Crippen LogP contribution >= 0.6 is 0 Å². The zero-order chi connectivity index (χ0) is 15.0. The SMILES string of the molecule is CCOC(CC)Oc1ccc(C(CC(C)C)NC)cc1. The molecule has 0 aliphatic rings. The van der Waals surface area contributed by atoms with Gasteiger partial charge in [-0.2, -0.15) is 0 Å². The van der Waals surface area contributed by atoms with E-state index in [-0.39, 0.29) is 6.29 Å². The molecule has 20 heavy (non-hydrogen) atoms. The molecule has 0 radical (unpaired) electrons. The first-order valence-electron chi connectivity index (χ1n) is 7.66. The maximum absolute atomic E-state index is 5.81. The quantitative estimate of drug-likeness (QED) is 0.689. The van der Waals surface area contributed by atoms with Crippen LogP contribution in [-0.2, 0) is 4.74 Å². The van der Waals surface area contributed by atoms with Crippen LogP contribution in [-0.4, -0.2) is 19.9 Å². The molecule has 3 heteroatoms. The molecule has 114 valence electrons. The fraction of sp³-hybridized carbons (Fsp3) is 0.647. The topological polar surface area (TPSA) is 30.5 Å². The number of hydrogen-bond acceptors (Lipinski definition) is 3. The Hall–Kier alpha value is -1.06. The molecule has 3 nitrogen and oxygen atoms in total. The van der Waals surface area contributed by atoms with Crippen molar-refractivity contribution in [2.45, 2.75) is 52.9 Å². The average molecular weight is 279 g/mol. The third kappa shape index (κ3) is 5.51. The predicted molar refractivity (Wildman–Crippen MR) is 84.0 cm³/mol. The largest absolute Gasteiger partial charge is 0.465 e. The lowest BCUT2D eigenvalue weighted by Crippen LogP contribution is -2.20. The van der Waals surface area contributed by atoms with E-state index in [4.69, 9.17) is 9.47 Å². The minimum atomic E-state index is -0.151. The first-order chi connectivity index (χ1) is 9.60. The van der Waals surface area contributed by atoms with Crippen molar-refractivity contribution in [3.8, 4) is 5.75 Å². The van der Waals surface area contributed by atoms with Crippen molar-refractivity contribution in [1.29, 1.82) is 0 Å². The summed E-state index contributed by atoms with van der Waals surface area (Å²) in [4.78, 5) is 0. The lowest BCUT2D eigenvalue weighted by atomic mass is 9.97. The molecule has 0 aromatic heterocycles. The molecule has 0 spiro atoms. The third-order valence-corrected chi connectivity index (χ3v) is 3.29. The van der Waals surface area contributed by atoms with Crippen LogP contribution in [0.4, 0.5) is 0 Å². The average Bonchev–Trinajstić information content (AvgIpc) is 2.45. The number of rotatable bonds is 9. The molecule has 1 N–H and O–H groups in total. The molecule has 1 aromatic rings. The third-order valence-electron chi connectivity index (χ3n) is 3.29. The Morgan fingerprint density at radius 1 is 1.10 bits per heavy atom. The van der Waals surface area contributed by atoms with E-state index in [1.807, 2.05) is 26.1 Å². The van der Waals surface area contributed by atoms with Gasteiger partial charge >= 0.3 is 0 Å². The van der Waals surface area contributed by atoms with Crippen molar-refractivity contribution in [3.63, 3.8) is 0 Å². The Labute approximate surface area is 123 Å². The molecule has 2 unspecified atom stereocenters. The van der Waals surface area contributed by atoms with Gasteiger partial charge in [0.1, 0.15) is 5.75 Å². The summed E-state index contributed by atoms with van der Waals surface area (Å²) in [7, 11) is 2.01. The van der Waals surface area contributed by atoms with Gasteiger partial charge in [0.15, 0.2) is 6.29 Å². The summed E-state index contributed by atoms with van der Waals surface area (Å²) in [6.07, 6.45) is 1.83. The Morgan fingerprint density at radius 3 is 2.20 bits per heavy atom. The first-order valence-corrected chi connectivity index (χ1v) is 7.66. The van der Waals surface area contributed by atoms with Gasteiger partial charge in [0, 0.05) is 19.1 Å². The number of ether oxygens (including phenoxy) is 2. The second-order valence-corrected chi connectivity index (χ2v) is 5.45. The monoisotopic (exact) mass is 279 g/mol. The maximum atomic E-state index is 5.81. The molecule has 1 aromatic carbocycles. The van der Waals surface area contributed by atoms with Crippen LogP contribution in [0.3, 0.4) is 0 Å². The van der Waals surface area contributed by atoms with E-state index in [2.05, 4.69) is 38.2 Å². The van der Waals surface area contributed by atoms with Crippen LogP contribution in [0.1, 0.15) is 52.1 Å². The highest BCUT2D eigenvalue weighted by Crippen LogP contribution is 2.23. The van der Waals surface area contributed by atoms with Gasteiger partial charge in [-0.25, -0.2) is 0 Å². The van der Waals surface area contributed by atoms with Crippen LogP contribution < -0.4 is 10.1 Å². The summed E-state index contributed by atoms with van der Waals surface area (Å²) in [6, 6.07) is 8.73. The number of benzene rings is 1. The summed E-state index contributed by atoms with van der Waals surface area (Å²) < 4.78 is 11.3. The summed E-state index contributed by atoms with van der Waals surface area (Å²) in [5.41, 5.74) is 1.30. The lowest BCUT2D eigenvalue weighted by molar-refractivity contribution is -0.0766. The van der Waals surface area contributed by atoms with Gasteiger partial charge < -0.3 is 14.8 Å². The Kier molecular flexibility index (Phi) is 7.63. The van der Waals surface area contributed by atoms with Crippen molar-refractivity contribution < 1.29 is 9.47 Å². The Morgan fingerprint density at radius 2 is 1.75 bits per heavy atom. The highest BCUT2D eigenvalue weighted by molar-refractivity contribution is 5.29. The van der Waals surface area contributed by atoms with Gasteiger partial charge in [0.25, 0.3) is 0 Å². The number of hydrogen-bond donors (Lipinski definition) is 1. The van der Waals surface area contributed by atoms with Crippen LogP contribution in [0.15, 0.2) is 24.3 Å². The van der Waals surface area contributed by atoms with Crippen LogP contribution in [0.5, 0.6) is 5.75 Å². The second-order valence-electron chi connectivity index (χ2n) is 5.45. The molecule has 0 fully saturated rings. The van der Waals surface area contributed by atoms with Gasteiger partial charge in [-0.05, 0) is 44.0 Å². The van der Waals surface area contributed by atoms with E-state index < -0.39 is 0 Å². The highest BCUT2D eigenvalue weighted by Gasteiger charge is 2.12. The second kappa shape index (κ2) is 8.98. The summed E-state index contributed by atoms with van der Waals surface area (Å²) in [5, 5.41) is 3.38. The zero-order valence-electron chi connectivity index (χ0n) is 13.5. The van der Waals surface area contributed by atoms with E-state index in [1.165, 1.54) is 5.56 Å². The summed E-state index contributed by atoms with van der Waals surface area (Å²) in [5.74, 6) is 1.54. The van der Waals surface area contributed by atoms with Gasteiger partial charge in [-0.1, -0.05) is 32.9 Å². The van der Waals surface area contributed by atoms with Crippen molar-refractivity contribution >= 4 is 0 Å². The fourth-order valence-electron chi connectivity index (χ4n) is 2.24. The smallest absolute Gasteiger partial charge is 0.199 e. The molecule has 0 amide bonds. The van der Waals surface area contributed by atoms with Gasteiger partial charge in [0.2, 0.25) is 0 Å². The molecular weight excluding hydrogens is 250 g/mol. The van der Waals surface area contributed by atoms with Crippen molar-refractivity contribution in [2.75, 3.05) is 13.7 Å². The molecule has 2 atom stereocenters. The van der Waals surface area contributed by atoms with Gasteiger partial charge in [0.05, 0.1) is 0 Å². The highest BCUT2D eigenvalue weighted by atomic mass is 16.7. The molecule has 1 rings (SSSR count). The van der Waals surface area contributed by atoms with Crippen molar-refractivity contribution in [3.05, 3.63) is 29.8 Å². The molecule has 0 saturated carbocycles. The Balaban J connectivity index is 2.67. The van der Waals surface area contributed by atoms with E-state index in [0.717, 1.165) is 18.6 Å². The minimum Gasteiger partial charge on any atom is -0.465 e. The van der Waals surface area contributed by atoms with E-state index in [1.54, 1.807) is 0 Å². The van der Waals surface area contributed by atoms with E-state index in [0.29, 0.717) is 18.6 Å². The Bertz CT molecular complexity index is 362. The normalized spacial score (nSPS) is 14.3. The summed E-state index contributed by atoms with van der Waals surface area (Å²) in [6.45, 7) is 9.21. The predicted octanol–water partition coefficient (Wildman–Crippen LogP) is 4.14. The van der Waals surface area contributed by atoms with Crippen LogP contribution in [0, 0.1) is 5.92 Å². The van der Waals surface area contributed by atoms with E-state index in [9.17, 15) is 0 Å². The molecule has 0 aliphatic carbocycles. The molecule has 0 heterocycles. The van der Waals surface area contributed by atoms with Gasteiger partial charge in [-0.15, -0.1) is 0 Å². The minimum absolute atomic E-state index is 0.151. The first kappa shape index (κ1) is 17.0. The lowest BCUT2D eigenvalue weighted by Gasteiger charge is -2.20. The molecule has 0 bridgehead atoms. The standard InChI is InChI=1S/C17H29NO2/c1-6-17(19-7-2)20-15-10-8-14(9-11-15)16(18-5)12-13(3)4/h8-11,13,16-18H,6-7,12H2,1-5H3.